The number of ether oxygens (including phenoxy) is 1. The van der Waals surface area contributed by atoms with Crippen LogP contribution in [0.3, 0.4) is 0 Å². The summed E-state index contributed by atoms with van der Waals surface area (Å²) in [5.74, 6) is 3.56. The van der Waals surface area contributed by atoms with Gasteiger partial charge in [0.15, 0.2) is 5.65 Å². The molecule has 1 saturated heterocycles. The van der Waals surface area contributed by atoms with Gasteiger partial charge in [0.05, 0.1) is 18.5 Å². The summed E-state index contributed by atoms with van der Waals surface area (Å²) < 4.78 is 7.34. The molecule has 12 heteroatoms. The zero-order chi connectivity index (χ0) is 38.8. The second kappa shape index (κ2) is 16.1. The largest absolute Gasteiger partial charge is 0.494 e. The monoisotopic (exact) mass is 758 g/mol. The molecule has 2 amide bonds. The van der Waals surface area contributed by atoms with Gasteiger partial charge in [-0.25, -0.2) is 4.98 Å². The molecule has 9 rings (SSSR count). The first kappa shape index (κ1) is 37.7. The summed E-state index contributed by atoms with van der Waals surface area (Å²) >= 11 is 0. The van der Waals surface area contributed by atoms with E-state index in [1.54, 1.807) is 43.6 Å². The van der Waals surface area contributed by atoms with Crippen molar-refractivity contribution in [2.45, 2.75) is 64.7 Å². The van der Waals surface area contributed by atoms with Crippen molar-refractivity contribution in [1.29, 1.82) is 0 Å². The van der Waals surface area contributed by atoms with Crippen molar-refractivity contribution in [2.24, 2.45) is 23.2 Å². The van der Waals surface area contributed by atoms with Crippen molar-refractivity contribution in [3.8, 4) is 11.4 Å². The fourth-order valence-corrected chi connectivity index (χ4v) is 10.4. The number of hydrogen-bond donors (Lipinski definition) is 3. The second-order valence-electron chi connectivity index (χ2n) is 16.7. The van der Waals surface area contributed by atoms with Crippen molar-refractivity contribution in [1.82, 2.24) is 24.8 Å². The molecule has 2 aromatic carbocycles. The van der Waals surface area contributed by atoms with E-state index in [0.29, 0.717) is 39.8 Å². The minimum atomic E-state index is -0.342. The third kappa shape index (κ3) is 8.16. The minimum Gasteiger partial charge on any atom is -0.494 e. The number of benzene rings is 2. The first-order valence-corrected chi connectivity index (χ1v) is 20.3. The molecule has 3 heterocycles. The number of piperazine rings is 1. The molecule has 1 aliphatic heterocycles. The lowest BCUT2D eigenvalue weighted by atomic mass is 9.49. The number of carbonyl (C=O) groups excluding carboxylic acids is 2. The molecule has 0 unspecified atom stereocenters. The molecular weight excluding hydrogens is 705 g/mol. The van der Waals surface area contributed by atoms with Crippen molar-refractivity contribution in [3.05, 3.63) is 83.3 Å². The Morgan fingerprint density at radius 2 is 1.71 bits per heavy atom. The fraction of sp³-hybridized carbons (Fsp3) is 0.477. The molecule has 5 aliphatic rings. The van der Waals surface area contributed by atoms with Gasteiger partial charge in [0.2, 0.25) is 17.8 Å². The van der Waals surface area contributed by atoms with Gasteiger partial charge < -0.3 is 25.6 Å². The number of anilines is 4. The van der Waals surface area contributed by atoms with Crippen molar-refractivity contribution < 1.29 is 14.3 Å². The highest BCUT2D eigenvalue weighted by atomic mass is 16.5. The zero-order valence-electron chi connectivity index (χ0n) is 32.7. The van der Waals surface area contributed by atoms with Crippen LogP contribution in [0, 0.1) is 30.1 Å². The molecule has 4 aliphatic carbocycles. The summed E-state index contributed by atoms with van der Waals surface area (Å²) in [5, 5.41) is 10.0. The van der Waals surface area contributed by atoms with E-state index in [-0.39, 0.29) is 17.4 Å². The van der Waals surface area contributed by atoms with Crippen LogP contribution in [0.25, 0.3) is 16.7 Å². The number of pyridine rings is 1. The topological polar surface area (TPSA) is 134 Å². The van der Waals surface area contributed by atoms with Gasteiger partial charge in [-0.15, -0.1) is 0 Å². The molecule has 294 valence electrons. The SMILES string of the molecule is C=CC(=O)Nc1cccc(-n2c(=O)cc(C)c3cnc(Nc4ccc(N5CCN(CCCCNC(=O)CC67CC8CC(CC(C8)C6)C7)CC5)cc4OC)nc32)c1. The summed E-state index contributed by atoms with van der Waals surface area (Å²) in [7, 11) is 1.65. The van der Waals surface area contributed by atoms with E-state index < -0.39 is 0 Å². The number of nitrogens with one attached hydrogen (secondary N) is 3. The molecule has 12 nitrogen and oxygen atoms in total. The average molecular weight is 759 g/mol. The Morgan fingerprint density at radius 3 is 2.43 bits per heavy atom. The molecule has 0 atom stereocenters. The molecule has 3 N–H and O–H groups in total. The molecule has 5 fully saturated rings. The van der Waals surface area contributed by atoms with Crippen LogP contribution in [-0.2, 0) is 9.59 Å². The zero-order valence-corrected chi connectivity index (χ0v) is 32.7. The van der Waals surface area contributed by atoms with Crippen LogP contribution in [0.5, 0.6) is 5.75 Å². The van der Waals surface area contributed by atoms with Crippen molar-refractivity contribution in [2.75, 3.05) is 61.9 Å². The van der Waals surface area contributed by atoms with Crippen LogP contribution in [0.4, 0.5) is 23.0 Å². The minimum absolute atomic E-state index is 0.250. The van der Waals surface area contributed by atoms with Crippen LogP contribution in [0.1, 0.15) is 63.4 Å². The maximum absolute atomic E-state index is 13.4. The Kier molecular flexibility index (Phi) is 10.8. The smallest absolute Gasteiger partial charge is 0.257 e. The number of aromatic nitrogens is 3. The summed E-state index contributed by atoms with van der Waals surface area (Å²) in [4.78, 5) is 52.5. The number of nitrogens with zero attached hydrogens (tertiary/aromatic N) is 5. The van der Waals surface area contributed by atoms with Gasteiger partial charge in [-0.3, -0.25) is 23.9 Å². The Balaban J connectivity index is 0.845. The van der Waals surface area contributed by atoms with Crippen molar-refractivity contribution in [3.63, 3.8) is 0 Å². The molecule has 4 saturated carbocycles. The van der Waals surface area contributed by atoms with E-state index in [1.807, 2.05) is 19.1 Å². The van der Waals surface area contributed by atoms with Crippen LogP contribution in [0.15, 0.2) is 72.2 Å². The lowest BCUT2D eigenvalue weighted by molar-refractivity contribution is -0.129. The predicted molar refractivity (Wildman–Crippen MR) is 221 cm³/mol. The van der Waals surface area contributed by atoms with Crippen LogP contribution >= 0.6 is 0 Å². The van der Waals surface area contributed by atoms with E-state index in [2.05, 4.69) is 43.4 Å². The van der Waals surface area contributed by atoms with E-state index in [9.17, 15) is 14.4 Å². The van der Waals surface area contributed by atoms with Crippen molar-refractivity contribution >= 4 is 45.9 Å². The normalized spacial score (nSPS) is 22.9. The van der Waals surface area contributed by atoms with Gasteiger partial charge in [0.1, 0.15) is 5.75 Å². The summed E-state index contributed by atoms with van der Waals surface area (Å²) in [6.07, 6.45) is 13.9. The number of amides is 2. The first-order chi connectivity index (χ1) is 27.2. The number of carbonyl (C=O) groups is 2. The molecular formula is C44H54N8O4. The Morgan fingerprint density at radius 1 is 0.964 bits per heavy atom. The maximum Gasteiger partial charge on any atom is 0.257 e. The van der Waals surface area contributed by atoms with Gasteiger partial charge in [-0.2, -0.15) is 4.98 Å². The number of methoxy groups -OCH3 is 1. The molecule has 2 aromatic heterocycles. The lowest BCUT2D eigenvalue weighted by Gasteiger charge is -2.56. The van der Waals surface area contributed by atoms with E-state index in [0.717, 1.165) is 92.9 Å². The van der Waals surface area contributed by atoms with Crippen LogP contribution < -0.4 is 31.1 Å². The van der Waals surface area contributed by atoms with Gasteiger partial charge in [0.25, 0.3) is 5.56 Å². The number of unbranched alkanes of at least 4 members (excludes halogenated alkanes) is 1. The fourth-order valence-electron chi connectivity index (χ4n) is 10.4. The highest BCUT2D eigenvalue weighted by Crippen LogP contribution is 2.61. The highest BCUT2D eigenvalue weighted by molar-refractivity contribution is 5.99. The molecule has 0 spiro atoms. The van der Waals surface area contributed by atoms with Gasteiger partial charge in [-0.1, -0.05) is 12.6 Å². The highest BCUT2D eigenvalue weighted by Gasteiger charge is 2.51. The predicted octanol–water partition coefficient (Wildman–Crippen LogP) is 6.59. The summed E-state index contributed by atoms with van der Waals surface area (Å²) in [6, 6.07) is 14.7. The second-order valence-corrected chi connectivity index (χ2v) is 16.7. The van der Waals surface area contributed by atoms with E-state index in [1.165, 1.54) is 49.2 Å². The third-order valence-electron chi connectivity index (χ3n) is 12.6. The van der Waals surface area contributed by atoms with Gasteiger partial charge in [0, 0.05) is 74.2 Å². The van der Waals surface area contributed by atoms with Crippen LogP contribution in [0.2, 0.25) is 0 Å². The first-order valence-electron chi connectivity index (χ1n) is 20.3. The molecule has 56 heavy (non-hydrogen) atoms. The third-order valence-corrected chi connectivity index (χ3v) is 12.6. The van der Waals surface area contributed by atoms with Crippen LogP contribution in [-0.4, -0.2) is 77.6 Å². The van der Waals surface area contributed by atoms with E-state index >= 15 is 0 Å². The maximum atomic E-state index is 13.4. The Bertz CT molecular complexity index is 2140. The molecule has 4 bridgehead atoms. The van der Waals surface area contributed by atoms with Gasteiger partial charge in [-0.05, 0) is 130 Å². The number of rotatable bonds is 14. The quantitative estimate of drug-likeness (QED) is 0.0963. The van der Waals surface area contributed by atoms with E-state index in [4.69, 9.17) is 9.72 Å². The summed E-state index contributed by atoms with van der Waals surface area (Å²) in [6.45, 7) is 11.0. The average Bonchev–Trinajstić information content (AvgIpc) is 3.17. The number of aryl methyl sites for hydroxylation is 1. The molecule has 0 radical (unpaired) electrons. The molecule has 4 aromatic rings. The standard InChI is InChI=1S/C44H54N8O4/c1-4-39(53)47-33-8-7-9-35(22-33)52-41(55)18-29(2)36-28-46-43(49-42(36)52)48-37-11-10-34(23-38(37)56-3)51-16-14-50(15-17-51)13-6-5-12-45-40(54)27-44-24-30-19-31(25-44)21-32(20-30)26-44/h4,7-11,18,22-23,28,30-32H,1,5-6,12-17,19-21,24-27H2,2-3H3,(H,45,54)(H,47,53)(H,46,48,49). The van der Waals surface area contributed by atoms with Gasteiger partial charge >= 0.3 is 0 Å². The summed E-state index contributed by atoms with van der Waals surface area (Å²) in [5.41, 5.74) is 4.13. The number of hydrogen-bond acceptors (Lipinski definition) is 9. The number of fused-ring (bicyclic) bond motifs is 1. The lowest BCUT2D eigenvalue weighted by Crippen LogP contribution is -2.48. The Hall–Kier alpha value is -5.23. The Labute approximate surface area is 328 Å².